The third-order valence-electron chi connectivity index (χ3n) is 3.66. The van der Waals surface area contributed by atoms with E-state index in [4.69, 9.17) is 0 Å². The van der Waals surface area contributed by atoms with Crippen molar-refractivity contribution >= 4 is 21.4 Å². The number of fused-ring (bicyclic) bond motifs is 1. The first-order chi connectivity index (χ1) is 10.1. The number of hydrogen-bond donors (Lipinski definition) is 1. The van der Waals surface area contributed by atoms with Gasteiger partial charge in [-0.25, -0.2) is 4.39 Å². The quantitative estimate of drug-likeness (QED) is 0.748. The number of thiophene rings is 1. The van der Waals surface area contributed by atoms with Crippen LogP contribution in [0.3, 0.4) is 0 Å². The Morgan fingerprint density at radius 2 is 1.67 bits per heavy atom. The van der Waals surface area contributed by atoms with Gasteiger partial charge in [0.15, 0.2) is 0 Å². The third kappa shape index (κ3) is 3.14. The molecule has 0 amide bonds. The van der Waals surface area contributed by atoms with E-state index in [1.54, 1.807) is 36.5 Å². The van der Waals surface area contributed by atoms with E-state index in [-0.39, 0.29) is 5.82 Å². The largest absolute Gasteiger partial charge is 0.389 e. The summed E-state index contributed by atoms with van der Waals surface area (Å²) in [6.45, 7) is 1.77. The van der Waals surface area contributed by atoms with Gasteiger partial charge in [0.2, 0.25) is 0 Å². The highest BCUT2D eigenvalue weighted by Crippen LogP contribution is 2.30. The molecular formula is C18H17FOS. The zero-order valence-electron chi connectivity index (χ0n) is 11.8. The Morgan fingerprint density at radius 1 is 1.00 bits per heavy atom. The molecule has 1 unspecified atom stereocenters. The molecule has 108 valence electrons. The molecule has 1 aromatic heterocycles. The fourth-order valence-corrected chi connectivity index (χ4v) is 3.66. The zero-order chi connectivity index (χ0) is 14.9. The monoisotopic (exact) mass is 300 g/mol. The molecule has 21 heavy (non-hydrogen) atoms. The minimum atomic E-state index is -0.966. The molecule has 3 heteroatoms. The lowest BCUT2D eigenvalue weighted by atomic mass is 9.89. The lowest BCUT2D eigenvalue weighted by molar-refractivity contribution is 0.0603. The molecule has 1 heterocycles. The number of aliphatic hydroxyl groups is 1. The van der Waals surface area contributed by atoms with E-state index in [2.05, 4.69) is 17.5 Å². The van der Waals surface area contributed by atoms with Crippen LogP contribution in [-0.4, -0.2) is 10.7 Å². The summed E-state index contributed by atoms with van der Waals surface area (Å²) in [4.78, 5) is 0. The van der Waals surface area contributed by atoms with Crippen LogP contribution in [0.5, 0.6) is 0 Å². The lowest BCUT2D eigenvalue weighted by Gasteiger charge is -2.23. The van der Waals surface area contributed by atoms with Crippen molar-refractivity contribution in [3.8, 4) is 0 Å². The second kappa shape index (κ2) is 5.58. The first-order valence-electron chi connectivity index (χ1n) is 6.96. The van der Waals surface area contributed by atoms with Crippen LogP contribution in [-0.2, 0) is 12.8 Å². The van der Waals surface area contributed by atoms with Crippen LogP contribution in [0.15, 0.2) is 53.9 Å². The van der Waals surface area contributed by atoms with E-state index < -0.39 is 5.60 Å². The Hall–Kier alpha value is -1.71. The minimum absolute atomic E-state index is 0.257. The average Bonchev–Trinajstić information content (AvgIpc) is 2.84. The van der Waals surface area contributed by atoms with Gasteiger partial charge in [-0.2, -0.15) is 0 Å². The highest BCUT2D eigenvalue weighted by Gasteiger charge is 2.24. The fraction of sp³-hybridized carbons (Fsp3) is 0.222. The van der Waals surface area contributed by atoms with Gasteiger partial charge in [0, 0.05) is 17.5 Å². The Morgan fingerprint density at radius 3 is 2.48 bits per heavy atom. The summed E-state index contributed by atoms with van der Waals surface area (Å²) in [6, 6.07) is 14.8. The highest BCUT2D eigenvalue weighted by atomic mass is 32.1. The first kappa shape index (κ1) is 14.2. The molecule has 0 fully saturated rings. The molecule has 2 aromatic carbocycles. The Kier molecular flexibility index (Phi) is 3.79. The molecule has 3 rings (SSSR count). The van der Waals surface area contributed by atoms with Crippen LogP contribution in [0.25, 0.3) is 10.1 Å². The molecule has 0 saturated carbocycles. The van der Waals surface area contributed by atoms with Crippen molar-refractivity contribution in [1.29, 1.82) is 0 Å². The van der Waals surface area contributed by atoms with E-state index in [9.17, 15) is 9.50 Å². The standard InChI is InChI=1S/C18H17FOS/c1-18(20,10-13-6-2-4-8-16(13)19)11-14-12-21-17-9-5-3-7-15(14)17/h2-9,12,20H,10-11H2,1H3. The number of halogens is 1. The zero-order valence-corrected chi connectivity index (χ0v) is 12.7. The van der Waals surface area contributed by atoms with Crippen molar-refractivity contribution in [1.82, 2.24) is 0 Å². The normalized spacial score (nSPS) is 14.2. The topological polar surface area (TPSA) is 20.2 Å². The molecule has 1 atom stereocenters. The van der Waals surface area contributed by atoms with Gasteiger partial charge in [0.1, 0.15) is 5.82 Å². The van der Waals surface area contributed by atoms with Crippen molar-refractivity contribution in [3.05, 3.63) is 70.9 Å². The highest BCUT2D eigenvalue weighted by molar-refractivity contribution is 7.17. The summed E-state index contributed by atoms with van der Waals surface area (Å²) in [5.74, 6) is -0.257. The van der Waals surface area contributed by atoms with Gasteiger partial charge in [0.05, 0.1) is 5.60 Å². The van der Waals surface area contributed by atoms with Crippen LogP contribution in [0.1, 0.15) is 18.1 Å². The maximum Gasteiger partial charge on any atom is 0.126 e. The van der Waals surface area contributed by atoms with E-state index in [0.717, 1.165) is 5.56 Å². The molecule has 0 aliphatic rings. The van der Waals surface area contributed by atoms with Gasteiger partial charge < -0.3 is 5.11 Å². The van der Waals surface area contributed by atoms with E-state index in [1.165, 1.54) is 16.2 Å². The van der Waals surface area contributed by atoms with Gasteiger partial charge >= 0.3 is 0 Å². The van der Waals surface area contributed by atoms with Crippen molar-refractivity contribution in [2.75, 3.05) is 0 Å². The van der Waals surface area contributed by atoms with E-state index in [0.29, 0.717) is 18.4 Å². The van der Waals surface area contributed by atoms with E-state index >= 15 is 0 Å². The minimum Gasteiger partial charge on any atom is -0.389 e. The maximum absolute atomic E-state index is 13.7. The first-order valence-corrected chi connectivity index (χ1v) is 7.84. The van der Waals surface area contributed by atoms with Gasteiger partial charge in [-0.3, -0.25) is 0 Å². The number of hydrogen-bond acceptors (Lipinski definition) is 2. The van der Waals surface area contributed by atoms with Gasteiger partial charge in [0.25, 0.3) is 0 Å². The molecule has 1 N–H and O–H groups in total. The van der Waals surface area contributed by atoms with Crippen molar-refractivity contribution in [2.24, 2.45) is 0 Å². The second-order valence-electron chi connectivity index (χ2n) is 5.70. The molecule has 0 spiro atoms. The van der Waals surface area contributed by atoms with Crippen LogP contribution >= 0.6 is 11.3 Å². The Balaban J connectivity index is 1.84. The molecular weight excluding hydrogens is 283 g/mol. The molecule has 0 aliphatic heterocycles. The van der Waals surface area contributed by atoms with Gasteiger partial charge in [-0.15, -0.1) is 11.3 Å². The molecule has 0 saturated heterocycles. The third-order valence-corrected chi connectivity index (χ3v) is 4.67. The number of benzene rings is 2. The smallest absolute Gasteiger partial charge is 0.126 e. The van der Waals surface area contributed by atoms with Crippen LogP contribution < -0.4 is 0 Å². The van der Waals surface area contributed by atoms with Crippen LogP contribution in [0.2, 0.25) is 0 Å². The van der Waals surface area contributed by atoms with Gasteiger partial charge in [-0.1, -0.05) is 36.4 Å². The van der Waals surface area contributed by atoms with Gasteiger partial charge in [-0.05, 0) is 40.9 Å². The van der Waals surface area contributed by atoms with Crippen LogP contribution in [0, 0.1) is 5.82 Å². The van der Waals surface area contributed by atoms with Crippen LogP contribution in [0.4, 0.5) is 4.39 Å². The summed E-state index contributed by atoms with van der Waals surface area (Å²) in [5, 5.41) is 13.9. The predicted octanol–water partition coefficient (Wildman–Crippen LogP) is 4.58. The Labute approximate surface area is 127 Å². The number of rotatable bonds is 4. The summed E-state index contributed by atoms with van der Waals surface area (Å²) in [6.07, 6.45) is 0.829. The SMILES string of the molecule is CC(O)(Cc1ccccc1F)Cc1csc2ccccc12. The average molecular weight is 300 g/mol. The molecule has 0 aliphatic carbocycles. The molecule has 0 bridgehead atoms. The lowest BCUT2D eigenvalue weighted by Crippen LogP contribution is -2.30. The predicted molar refractivity (Wildman–Crippen MR) is 86.3 cm³/mol. The molecule has 0 radical (unpaired) electrons. The molecule has 1 nitrogen and oxygen atoms in total. The second-order valence-corrected chi connectivity index (χ2v) is 6.61. The summed E-state index contributed by atoms with van der Waals surface area (Å²) >= 11 is 1.68. The summed E-state index contributed by atoms with van der Waals surface area (Å²) in [5.41, 5.74) is 0.713. The Bertz CT molecular complexity index is 761. The van der Waals surface area contributed by atoms with Crippen molar-refractivity contribution in [2.45, 2.75) is 25.4 Å². The van der Waals surface area contributed by atoms with Crippen molar-refractivity contribution < 1.29 is 9.50 Å². The summed E-state index contributed by atoms with van der Waals surface area (Å²) < 4.78 is 15.0. The molecule has 3 aromatic rings. The summed E-state index contributed by atoms with van der Waals surface area (Å²) in [7, 11) is 0. The maximum atomic E-state index is 13.7. The fourth-order valence-electron chi connectivity index (χ4n) is 2.69. The van der Waals surface area contributed by atoms with E-state index in [1.807, 2.05) is 12.1 Å². The van der Waals surface area contributed by atoms with Crippen molar-refractivity contribution in [3.63, 3.8) is 0 Å².